The number of anilines is 1. The molecule has 0 spiro atoms. The number of nitrogens with zero attached hydrogens (tertiary/aromatic N) is 4. The van der Waals surface area contributed by atoms with Gasteiger partial charge in [0.05, 0.1) is 22.0 Å². The second kappa shape index (κ2) is 9.14. The van der Waals surface area contributed by atoms with Crippen LogP contribution in [0, 0.1) is 16.4 Å². The van der Waals surface area contributed by atoms with Crippen LogP contribution in [0.15, 0.2) is 70.1 Å². The van der Waals surface area contributed by atoms with E-state index in [1.54, 1.807) is 0 Å². The van der Waals surface area contributed by atoms with E-state index in [2.05, 4.69) is 10.2 Å². The van der Waals surface area contributed by atoms with E-state index in [0.29, 0.717) is 4.31 Å². The van der Waals surface area contributed by atoms with Gasteiger partial charge in [-0.3, -0.25) is 0 Å². The number of aromatic nitrogens is 2. The first-order chi connectivity index (χ1) is 16.5. The zero-order valence-corrected chi connectivity index (χ0v) is 19.0. The van der Waals surface area contributed by atoms with Gasteiger partial charge in [0.2, 0.25) is 5.89 Å². The van der Waals surface area contributed by atoms with Crippen molar-refractivity contribution in [1.29, 1.82) is 4.78 Å². The molecule has 15 heteroatoms. The molecule has 1 N–H and O–H groups in total. The molecule has 0 amide bonds. The number of rotatable bonds is 7. The molecule has 2 aromatic carbocycles. The zero-order valence-electron chi connectivity index (χ0n) is 17.4. The van der Waals surface area contributed by atoms with E-state index < -0.39 is 50.4 Å². The maximum Gasteiger partial charge on any atom is 0.330 e. The maximum absolute atomic E-state index is 14.9. The standard InChI is InChI=1S/C20H15F4N5O4S2/c21-15-3-5-16(6-4-15)29(35(31,32)28-7-9-34(25,30)10-8-28)12-14-2-1-13(11-17(14)22)19-26-27-20(33-19)18(23)24/h1-11,18,25H,12H2. The van der Waals surface area contributed by atoms with Crippen molar-refractivity contribution in [2.45, 2.75) is 13.0 Å². The van der Waals surface area contributed by atoms with E-state index in [0.717, 1.165) is 45.7 Å². The highest BCUT2D eigenvalue weighted by Gasteiger charge is 2.30. The van der Waals surface area contributed by atoms with Crippen molar-refractivity contribution in [1.82, 2.24) is 14.5 Å². The SMILES string of the molecule is N=S1(=O)C=CN(S(=O)(=O)N(Cc2ccc(-c3nnc(C(F)F)o3)cc2F)c2ccc(F)cc2)C=C1. The minimum atomic E-state index is -4.45. The van der Waals surface area contributed by atoms with Crippen LogP contribution in [0.5, 0.6) is 0 Å². The number of halogens is 4. The summed E-state index contributed by atoms with van der Waals surface area (Å²) in [5, 5.41) is 8.39. The molecule has 0 aliphatic carbocycles. The minimum Gasteiger partial charge on any atom is -0.415 e. The first-order valence-corrected chi connectivity index (χ1v) is 12.7. The Morgan fingerprint density at radius 3 is 2.29 bits per heavy atom. The Hall–Kier alpha value is -3.72. The fourth-order valence-electron chi connectivity index (χ4n) is 2.98. The number of hydrogen-bond donors (Lipinski definition) is 1. The number of nitrogens with one attached hydrogen (secondary N) is 1. The summed E-state index contributed by atoms with van der Waals surface area (Å²) in [4.78, 5) is 0. The molecule has 1 aliphatic heterocycles. The van der Waals surface area contributed by atoms with Gasteiger partial charge in [0.15, 0.2) is 0 Å². The first kappa shape index (κ1) is 24.4. The molecule has 4 rings (SSSR count). The lowest BCUT2D eigenvalue weighted by Gasteiger charge is -2.30. The Kier molecular flexibility index (Phi) is 6.38. The molecule has 0 atom stereocenters. The van der Waals surface area contributed by atoms with Crippen LogP contribution < -0.4 is 4.31 Å². The van der Waals surface area contributed by atoms with Gasteiger partial charge in [0.1, 0.15) is 11.6 Å². The molecule has 3 aromatic rings. The second-order valence-electron chi connectivity index (χ2n) is 7.09. The van der Waals surface area contributed by atoms with Crippen LogP contribution in [0.1, 0.15) is 17.9 Å². The summed E-state index contributed by atoms with van der Waals surface area (Å²) in [6.07, 6.45) is -1.15. The highest BCUT2D eigenvalue weighted by molar-refractivity contribution is 7.98. The molecular weight excluding hydrogens is 514 g/mol. The lowest BCUT2D eigenvalue weighted by Crippen LogP contribution is -2.39. The summed E-state index contributed by atoms with van der Waals surface area (Å²) in [5.74, 6) is -2.81. The van der Waals surface area contributed by atoms with Crippen molar-refractivity contribution < 1.29 is 34.6 Å². The molecule has 9 nitrogen and oxygen atoms in total. The van der Waals surface area contributed by atoms with Crippen molar-refractivity contribution in [3.63, 3.8) is 0 Å². The topological polar surface area (TPSA) is 120 Å². The summed E-state index contributed by atoms with van der Waals surface area (Å²) < 4.78 is 106. The molecule has 2 heterocycles. The van der Waals surface area contributed by atoms with Crippen LogP contribution in [0.3, 0.4) is 0 Å². The van der Waals surface area contributed by atoms with Crippen LogP contribution in [0.4, 0.5) is 23.2 Å². The van der Waals surface area contributed by atoms with Crippen LogP contribution in [0.2, 0.25) is 0 Å². The monoisotopic (exact) mass is 529 g/mol. The van der Waals surface area contributed by atoms with E-state index in [9.17, 15) is 30.2 Å². The molecule has 1 aromatic heterocycles. The summed E-state index contributed by atoms with van der Waals surface area (Å²) in [6, 6.07) is 7.80. The number of hydrogen-bond acceptors (Lipinski definition) is 7. The average molecular weight is 529 g/mol. The van der Waals surface area contributed by atoms with Gasteiger partial charge < -0.3 is 4.42 Å². The normalized spacial score (nSPS) is 15.1. The lowest BCUT2D eigenvalue weighted by atomic mass is 10.1. The third kappa shape index (κ3) is 5.19. The second-order valence-corrected chi connectivity index (χ2v) is 10.7. The average Bonchev–Trinajstić information content (AvgIpc) is 3.29. The summed E-state index contributed by atoms with van der Waals surface area (Å²) >= 11 is 0. The third-order valence-corrected chi connectivity index (χ3v) is 7.45. The quantitative estimate of drug-likeness (QED) is 0.450. The molecule has 0 unspecified atom stereocenters. The van der Waals surface area contributed by atoms with E-state index in [-0.39, 0.29) is 22.7 Å². The van der Waals surface area contributed by atoms with Crippen molar-refractivity contribution in [3.8, 4) is 11.5 Å². The van der Waals surface area contributed by atoms with Gasteiger partial charge in [-0.15, -0.1) is 10.2 Å². The third-order valence-electron chi connectivity index (χ3n) is 4.72. The van der Waals surface area contributed by atoms with Crippen molar-refractivity contribution in [3.05, 3.63) is 88.8 Å². The van der Waals surface area contributed by atoms with Crippen LogP contribution in [-0.2, 0) is 26.5 Å². The Labute approximate surface area is 197 Å². The highest BCUT2D eigenvalue weighted by Crippen LogP contribution is 2.29. The predicted molar refractivity (Wildman–Crippen MR) is 117 cm³/mol. The largest absolute Gasteiger partial charge is 0.415 e. The first-order valence-electron chi connectivity index (χ1n) is 9.59. The molecule has 184 valence electrons. The van der Waals surface area contributed by atoms with Crippen molar-refractivity contribution in [2.24, 2.45) is 0 Å². The van der Waals surface area contributed by atoms with Gasteiger partial charge >= 0.3 is 16.6 Å². The summed E-state index contributed by atoms with van der Waals surface area (Å²) in [6.45, 7) is -0.555. The Morgan fingerprint density at radius 2 is 1.71 bits per heavy atom. The van der Waals surface area contributed by atoms with E-state index in [4.69, 9.17) is 9.20 Å². The van der Waals surface area contributed by atoms with Crippen molar-refractivity contribution in [2.75, 3.05) is 4.31 Å². The van der Waals surface area contributed by atoms with Crippen LogP contribution in [0.25, 0.3) is 11.5 Å². The highest BCUT2D eigenvalue weighted by atomic mass is 32.2. The van der Waals surface area contributed by atoms with Crippen molar-refractivity contribution >= 4 is 25.6 Å². The van der Waals surface area contributed by atoms with Gasteiger partial charge in [-0.2, -0.15) is 17.2 Å². The number of benzene rings is 2. The van der Waals surface area contributed by atoms with E-state index in [1.165, 1.54) is 24.3 Å². The Balaban J connectivity index is 1.70. The molecule has 0 bridgehead atoms. The van der Waals surface area contributed by atoms with Gasteiger partial charge in [-0.25, -0.2) is 26.4 Å². The Bertz CT molecular complexity index is 1500. The molecule has 0 fully saturated rings. The Morgan fingerprint density at radius 1 is 1.06 bits per heavy atom. The minimum absolute atomic E-state index is 0.00561. The fraction of sp³-hybridized carbons (Fsp3) is 0.100. The van der Waals surface area contributed by atoms with Gasteiger partial charge in [0, 0.05) is 34.3 Å². The molecule has 0 saturated heterocycles. The molecule has 0 saturated carbocycles. The van der Waals surface area contributed by atoms with Crippen LogP contribution >= 0.6 is 0 Å². The molecule has 1 aliphatic rings. The van der Waals surface area contributed by atoms with Gasteiger partial charge in [-0.05, 0) is 36.4 Å². The summed E-state index contributed by atoms with van der Waals surface area (Å²) in [7, 11) is -7.69. The zero-order chi connectivity index (χ0) is 25.4. The fourth-order valence-corrected chi connectivity index (χ4v) is 5.20. The molecule has 35 heavy (non-hydrogen) atoms. The van der Waals surface area contributed by atoms with Gasteiger partial charge in [0.25, 0.3) is 5.89 Å². The van der Waals surface area contributed by atoms with E-state index in [1.807, 2.05) is 0 Å². The predicted octanol–water partition coefficient (Wildman–Crippen LogP) is 4.51. The smallest absolute Gasteiger partial charge is 0.330 e. The lowest BCUT2D eigenvalue weighted by molar-refractivity contribution is 0.116. The van der Waals surface area contributed by atoms with Crippen LogP contribution in [-0.4, -0.2) is 27.1 Å². The summed E-state index contributed by atoms with van der Waals surface area (Å²) in [5.41, 5.74) is -0.134. The molecule has 0 radical (unpaired) electrons. The number of alkyl halides is 2. The van der Waals surface area contributed by atoms with Gasteiger partial charge in [-0.1, -0.05) is 6.07 Å². The molecular formula is C20H15F4N5O4S2. The van der Waals surface area contributed by atoms with E-state index >= 15 is 0 Å². The maximum atomic E-state index is 14.9.